The molecule has 3 rings (SSSR count). The summed E-state index contributed by atoms with van der Waals surface area (Å²) in [4.78, 5) is 13.1. The van der Waals surface area contributed by atoms with Crippen LogP contribution in [0.1, 0.15) is 38.7 Å². The molecular formula is C23H24N2O3S. The van der Waals surface area contributed by atoms with Crippen molar-refractivity contribution in [1.29, 1.82) is 0 Å². The fourth-order valence-electron chi connectivity index (χ4n) is 3.16. The Morgan fingerprint density at radius 2 is 1.45 bits per heavy atom. The Balaban J connectivity index is 1.95. The lowest BCUT2D eigenvalue weighted by atomic mass is 9.97. The van der Waals surface area contributed by atoms with E-state index in [1.165, 1.54) is 0 Å². The number of benzene rings is 3. The second-order valence-corrected chi connectivity index (χ2v) is 8.83. The van der Waals surface area contributed by atoms with Crippen LogP contribution in [0.3, 0.4) is 0 Å². The van der Waals surface area contributed by atoms with E-state index in [1.807, 2.05) is 61.5 Å². The molecular weight excluding hydrogens is 384 g/mol. The van der Waals surface area contributed by atoms with Crippen LogP contribution in [0, 0.1) is 13.8 Å². The van der Waals surface area contributed by atoms with E-state index in [4.69, 9.17) is 0 Å². The molecule has 0 bridgehead atoms. The van der Waals surface area contributed by atoms with Gasteiger partial charge in [0.25, 0.3) is 5.91 Å². The first-order valence-corrected chi connectivity index (χ1v) is 11.1. The molecule has 0 radical (unpaired) electrons. The maximum atomic E-state index is 13.1. The van der Waals surface area contributed by atoms with Gasteiger partial charge in [0, 0.05) is 5.56 Å². The summed E-state index contributed by atoms with van der Waals surface area (Å²) < 4.78 is 25.7. The monoisotopic (exact) mass is 408 g/mol. The molecule has 0 heterocycles. The van der Waals surface area contributed by atoms with Crippen molar-refractivity contribution in [2.75, 3.05) is 11.0 Å². The molecule has 1 atom stereocenters. The smallest absolute Gasteiger partial charge is 0.252 e. The van der Waals surface area contributed by atoms with Crippen molar-refractivity contribution < 1.29 is 13.2 Å². The highest BCUT2D eigenvalue weighted by Gasteiger charge is 2.20. The fourth-order valence-corrected chi connectivity index (χ4v) is 3.78. The fraction of sp³-hybridized carbons (Fsp3) is 0.174. The number of carbonyl (C=O) groups is 1. The van der Waals surface area contributed by atoms with E-state index in [2.05, 4.69) is 10.0 Å². The molecule has 0 aliphatic carbocycles. The van der Waals surface area contributed by atoms with Gasteiger partial charge in [0.15, 0.2) is 0 Å². The highest BCUT2D eigenvalue weighted by Crippen LogP contribution is 2.25. The summed E-state index contributed by atoms with van der Waals surface area (Å²) >= 11 is 0. The van der Waals surface area contributed by atoms with Crippen molar-refractivity contribution in [2.45, 2.75) is 19.9 Å². The number of anilines is 1. The second-order valence-electron chi connectivity index (χ2n) is 7.08. The highest BCUT2D eigenvalue weighted by molar-refractivity contribution is 7.92. The Bertz CT molecular complexity index is 1110. The van der Waals surface area contributed by atoms with Gasteiger partial charge in [-0.05, 0) is 42.7 Å². The van der Waals surface area contributed by atoms with Crippen molar-refractivity contribution in [3.8, 4) is 0 Å². The lowest BCUT2D eigenvalue weighted by Crippen LogP contribution is -2.30. The van der Waals surface area contributed by atoms with Crippen LogP contribution in [0.25, 0.3) is 0 Å². The summed E-state index contributed by atoms with van der Waals surface area (Å²) in [5, 5.41) is 3.10. The Labute approximate surface area is 171 Å². The number of nitrogens with one attached hydrogen (secondary N) is 2. The third kappa shape index (κ3) is 5.23. The van der Waals surface area contributed by atoms with E-state index < -0.39 is 10.0 Å². The van der Waals surface area contributed by atoms with Gasteiger partial charge in [-0.2, -0.15) is 0 Å². The molecule has 6 heteroatoms. The normalized spacial score (nSPS) is 12.2. The second kappa shape index (κ2) is 8.49. The van der Waals surface area contributed by atoms with Gasteiger partial charge in [-0.15, -0.1) is 0 Å². The first-order chi connectivity index (χ1) is 13.7. The molecule has 1 amide bonds. The van der Waals surface area contributed by atoms with Crippen molar-refractivity contribution >= 4 is 21.6 Å². The Morgan fingerprint density at radius 1 is 0.828 bits per heavy atom. The minimum absolute atomic E-state index is 0.269. The summed E-state index contributed by atoms with van der Waals surface area (Å²) in [6.45, 7) is 3.75. The van der Waals surface area contributed by atoms with E-state index in [0.29, 0.717) is 16.8 Å². The molecule has 0 aromatic heterocycles. The number of amides is 1. The van der Waals surface area contributed by atoms with Crippen LogP contribution in [0.4, 0.5) is 5.69 Å². The van der Waals surface area contributed by atoms with Crippen LogP contribution in [0.5, 0.6) is 0 Å². The molecule has 3 aromatic rings. The van der Waals surface area contributed by atoms with Gasteiger partial charge in [-0.25, -0.2) is 8.42 Å². The highest BCUT2D eigenvalue weighted by atomic mass is 32.2. The predicted molar refractivity (Wildman–Crippen MR) is 117 cm³/mol. The minimum Gasteiger partial charge on any atom is -0.341 e. The van der Waals surface area contributed by atoms with Gasteiger partial charge < -0.3 is 5.32 Å². The van der Waals surface area contributed by atoms with Crippen LogP contribution in [-0.2, 0) is 10.0 Å². The third-order valence-corrected chi connectivity index (χ3v) is 5.28. The molecule has 2 N–H and O–H groups in total. The first kappa shape index (κ1) is 20.6. The molecule has 0 spiro atoms. The standard InChI is InChI=1S/C23H24N2O3S/c1-16-12-14-19(15-13-16)22(18-8-5-4-6-9-18)24-23(26)20-10-7-11-21(17(20)2)25-29(3,27)28/h4-15,22,25H,1-3H3,(H,24,26)/t22-/m1/s1. The summed E-state index contributed by atoms with van der Waals surface area (Å²) in [7, 11) is -3.44. The van der Waals surface area contributed by atoms with Crippen LogP contribution in [-0.4, -0.2) is 20.6 Å². The molecule has 0 unspecified atom stereocenters. The van der Waals surface area contributed by atoms with Crippen LogP contribution in [0.15, 0.2) is 72.8 Å². The minimum atomic E-state index is -3.44. The number of carbonyl (C=O) groups excluding carboxylic acids is 1. The van der Waals surface area contributed by atoms with Crippen LogP contribution < -0.4 is 10.0 Å². The number of sulfonamides is 1. The van der Waals surface area contributed by atoms with Crippen molar-refractivity contribution in [1.82, 2.24) is 5.32 Å². The summed E-state index contributed by atoms with van der Waals surface area (Å²) in [5.41, 5.74) is 4.47. The van der Waals surface area contributed by atoms with Crippen LogP contribution >= 0.6 is 0 Å². The number of aryl methyl sites for hydroxylation is 1. The summed E-state index contributed by atoms with van der Waals surface area (Å²) in [5.74, 6) is -0.269. The van der Waals surface area contributed by atoms with Crippen molar-refractivity contribution in [3.05, 3.63) is 101 Å². The van der Waals surface area contributed by atoms with Gasteiger partial charge in [0.2, 0.25) is 10.0 Å². The lowest BCUT2D eigenvalue weighted by Gasteiger charge is -2.21. The largest absolute Gasteiger partial charge is 0.341 e. The molecule has 0 aliphatic rings. The Kier molecular flexibility index (Phi) is 6.03. The van der Waals surface area contributed by atoms with Crippen molar-refractivity contribution in [2.24, 2.45) is 0 Å². The molecule has 150 valence electrons. The predicted octanol–water partition coefficient (Wildman–Crippen LogP) is 4.19. The molecule has 3 aromatic carbocycles. The van der Waals surface area contributed by atoms with Gasteiger partial charge >= 0.3 is 0 Å². The molecule has 0 saturated heterocycles. The van der Waals surface area contributed by atoms with E-state index in [0.717, 1.165) is 22.9 Å². The number of rotatable bonds is 6. The lowest BCUT2D eigenvalue weighted by molar-refractivity contribution is 0.0942. The molecule has 0 aliphatic heterocycles. The van der Waals surface area contributed by atoms with E-state index in [9.17, 15) is 13.2 Å². The maximum absolute atomic E-state index is 13.1. The SMILES string of the molecule is Cc1ccc([C@H](NC(=O)c2cccc(NS(C)(=O)=O)c2C)c2ccccc2)cc1. The van der Waals surface area contributed by atoms with Gasteiger partial charge in [-0.1, -0.05) is 66.2 Å². The molecule has 5 nitrogen and oxygen atoms in total. The Hall–Kier alpha value is -3.12. The third-order valence-electron chi connectivity index (χ3n) is 4.69. The quantitative estimate of drug-likeness (QED) is 0.642. The van der Waals surface area contributed by atoms with Crippen molar-refractivity contribution in [3.63, 3.8) is 0 Å². The average Bonchev–Trinajstić information content (AvgIpc) is 2.68. The molecule has 0 fully saturated rings. The first-order valence-electron chi connectivity index (χ1n) is 9.24. The van der Waals surface area contributed by atoms with E-state index >= 15 is 0 Å². The molecule has 0 saturated carbocycles. The Morgan fingerprint density at radius 3 is 2.07 bits per heavy atom. The number of hydrogen-bond acceptors (Lipinski definition) is 3. The summed E-state index contributed by atoms with van der Waals surface area (Å²) in [6, 6.07) is 22.4. The average molecular weight is 409 g/mol. The van der Waals surface area contributed by atoms with Gasteiger partial charge in [0.1, 0.15) is 0 Å². The zero-order valence-electron chi connectivity index (χ0n) is 16.6. The zero-order valence-corrected chi connectivity index (χ0v) is 17.5. The van der Waals surface area contributed by atoms with E-state index in [-0.39, 0.29) is 11.9 Å². The van der Waals surface area contributed by atoms with Crippen LogP contribution in [0.2, 0.25) is 0 Å². The summed E-state index contributed by atoms with van der Waals surface area (Å²) in [6.07, 6.45) is 1.09. The van der Waals surface area contributed by atoms with E-state index in [1.54, 1.807) is 25.1 Å². The number of hydrogen-bond donors (Lipinski definition) is 2. The molecule has 29 heavy (non-hydrogen) atoms. The van der Waals surface area contributed by atoms with Gasteiger partial charge in [-0.3, -0.25) is 9.52 Å². The topological polar surface area (TPSA) is 75.3 Å². The van der Waals surface area contributed by atoms with Gasteiger partial charge in [0.05, 0.1) is 18.0 Å². The maximum Gasteiger partial charge on any atom is 0.252 e. The zero-order chi connectivity index (χ0) is 21.0.